The molecule has 0 atom stereocenters. The fourth-order valence-corrected chi connectivity index (χ4v) is 5.70. The van der Waals surface area contributed by atoms with Crippen molar-refractivity contribution in [1.29, 1.82) is 0 Å². The number of ether oxygens (including phenoxy) is 4. The van der Waals surface area contributed by atoms with Gasteiger partial charge in [-0.05, 0) is 77.9 Å². The summed E-state index contributed by atoms with van der Waals surface area (Å²) in [7, 11) is 0. The molecule has 6 nitrogen and oxygen atoms in total. The molecule has 0 saturated heterocycles. The number of carbonyl (C=O) groups excluding carboxylic acids is 2. The second-order valence-electron chi connectivity index (χ2n) is 10.9. The molecular formula is C38H36O6. The lowest BCUT2D eigenvalue weighted by Gasteiger charge is -2.34. The highest BCUT2D eigenvalue weighted by Crippen LogP contribution is 2.56. The van der Waals surface area contributed by atoms with Crippen LogP contribution < -0.4 is 9.47 Å². The number of hydrogen-bond acceptors (Lipinski definition) is 6. The van der Waals surface area contributed by atoms with Gasteiger partial charge in [-0.1, -0.05) is 86.0 Å². The minimum Gasteiger partial charge on any atom is -0.490 e. The van der Waals surface area contributed by atoms with Crippen molar-refractivity contribution in [3.8, 4) is 22.6 Å². The molecule has 1 aliphatic carbocycles. The summed E-state index contributed by atoms with van der Waals surface area (Å²) in [6.45, 7) is 13.2. The van der Waals surface area contributed by atoms with Crippen LogP contribution in [0.3, 0.4) is 0 Å². The van der Waals surface area contributed by atoms with Crippen molar-refractivity contribution >= 4 is 11.9 Å². The lowest BCUT2D eigenvalue weighted by Crippen LogP contribution is -2.28. The third-order valence-corrected chi connectivity index (χ3v) is 7.70. The van der Waals surface area contributed by atoms with E-state index in [-0.39, 0.29) is 26.4 Å². The predicted octanol–water partition coefficient (Wildman–Crippen LogP) is 7.35. The Labute approximate surface area is 258 Å². The maximum absolute atomic E-state index is 11.7. The molecule has 44 heavy (non-hydrogen) atoms. The quantitative estimate of drug-likeness (QED) is 0.0862. The fourth-order valence-electron chi connectivity index (χ4n) is 5.70. The van der Waals surface area contributed by atoms with Gasteiger partial charge in [0.25, 0.3) is 0 Å². The molecule has 0 aliphatic heterocycles. The van der Waals surface area contributed by atoms with Crippen molar-refractivity contribution in [1.82, 2.24) is 0 Å². The van der Waals surface area contributed by atoms with Crippen molar-refractivity contribution < 1.29 is 28.5 Å². The van der Waals surface area contributed by atoms with Gasteiger partial charge in [-0.15, -0.1) is 0 Å². The molecule has 0 N–H and O–H groups in total. The molecule has 0 radical (unpaired) electrons. The first kappa shape index (κ1) is 30.4. The fraction of sp³-hybridized carbons (Fsp3) is 0.211. The first-order valence-electron chi connectivity index (χ1n) is 14.6. The van der Waals surface area contributed by atoms with Gasteiger partial charge in [0.05, 0.1) is 5.41 Å². The number of rotatable bonds is 12. The zero-order valence-corrected chi connectivity index (χ0v) is 25.4. The van der Waals surface area contributed by atoms with Gasteiger partial charge in [0.1, 0.15) is 37.9 Å². The predicted molar refractivity (Wildman–Crippen MR) is 171 cm³/mol. The first-order chi connectivity index (χ1) is 21.2. The topological polar surface area (TPSA) is 71.1 Å². The molecule has 0 fully saturated rings. The summed E-state index contributed by atoms with van der Waals surface area (Å²) in [5.41, 5.74) is 8.09. The van der Waals surface area contributed by atoms with E-state index >= 15 is 0 Å². The number of aryl methyl sites for hydroxylation is 1. The Bertz CT molecular complexity index is 1670. The summed E-state index contributed by atoms with van der Waals surface area (Å²) in [6.07, 6.45) is 0. The second kappa shape index (κ2) is 13.0. The van der Waals surface area contributed by atoms with Crippen LogP contribution in [0.15, 0.2) is 115 Å². The number of esters is 2. The molecule has 0 aromatic heterocycles. The van der Waals surface area contributed by atoms with Crippen LogP contribution in [-0.2, 0) is 24.5 Å². The van der Waals surface area contributed by atoms with Gasteiger partial charge < -0.3 is 18.9 Å². The zero-order valence-electron chi connectivity index (χ0n) is 25.4. The average Bonchev–Trinajstić information content (AvgIpc) is 3.33. The Kier molecular flexibility index (Phi) is 9.00. The third-order valence-electron chi connectivity index (χ3n) is 7.70. The molecule has 0 spiro atoms. The van der Waals surface area contributed by atoms with Crippen LogP contribution in [0.25, 0.3) is 11.1 Å². The number of fused-ring (bicyclic) bond motifs is 3. The van der Waals surface area contributed by atoms with E-state index in [2.05, 4.69) is 86.0 Å². The summed E-state index contributed by atoms with van der Waals surface area (Å²) >= 11 is 0. The smallest absolute Gasteiger partial charge is 0.333 e. The Hall–Kier alpha value is -5.10. The Morgan fingerprint density at radius 1 is 0.636 bits per heavy atom. The van der Waals surface area contributed by atoms with Crippen molar-refractivity contribution in [2.24, 2.45) is 0 Å². The van der Waals surface area contributed by atoms with Crippen molar-refractivity contribution in [2.75, 3.05) is 26.4 Å². The van der Waals surface area contributed by atoms with Crippen LogP contribution in [0.2, 0.25) is 0 Å². The number of benzene rings is 4. The molecule has 0 heterocycles. The standard InChI is InChI=1S/C38H36O6/c1-25(2)36(39)43-22-20-41-30-17-14-28(15-18-30)38(33-12-8-6-10-31(33)32-11-7-9-13-34(32)38)29-16-19-35(27(5)24-29)42-21-23-44-37(40)26(3)4/h6-19,24H,1,3,20-23H2,2,4-5H3. The molecule has 0 unspecified atom stereocenters. The van der Waals surface area contributed by atoms with E-state index in [0.717, 1.165) is 22.4 Å². The van der Waals surface area contributed by atoms with E-state index in [9.17, 15) is 9.59 Å². The van der Waals surface area contributed by atoms with Crippen LogP contribution in [0, 0.1) is 6.92 Å². The number of hydrogen-bond donors (Lipinski definition) is 0. The highest BCUT2D eigenvalue weighted by atomic mass is 16.6. The Balaban J connectivity index is 1.48. The summed E-state index contributed by atoms with van der Waals surface area (Å²) in [4.78, 5) is 23.4. The molecule has 4 aromatic carbocycles. The molecule has 0 amide bonds. The van der Waals surface area contributed by atoms with Gasteiger partial charge in [0.15, 0.2) is 0 Å². The molecule has 5 rings (SSSR count). The summed E-state index contributed by atoms with van der Waals surface area (Å²) < 4.78 is 22.2. The minimum atomic E-state index is -0.580. The van der Waals surface area contributed by atoms with Gasteiger partial charge in [-0.2, -0.15) is 0 Å². The summed E-state index contributed by atoms with van der Waals surface area (Å²) in [6, 6.07) is 31.5. The van der Waals surface area contributed by atoms with Gasteiger partial charge in [0, 0.05) is 11.1 Å². The molecule has 224 valence electrons. The highest BCUT2D eigenvalue weighted by Gasteiger charge is 2.46. The molecule has 1 aliphatic rings. The molecule has 6 heteroatoms. The van der Waals surface area contributed by atoms with Gasteiger partial charge >= 0.3 is 11.9 Å². The van der Waals surface area contributed by atoms with Gasteiger partial charge in [-0.3, -0.25) is 0 Å². The molecule has 0 saturated carbocycles. The van der Waals surface area contributed by atoms with E-state index in [0.29, 0.717) is 16.9 Å². The Morgan fingerprint density at radius 2 is 1.14 bits per heavy atom. The van der Waals surface area contributed by atoms with Crippen LogP contribution in [0.4, 0.5) is 0 Å². The number of carbonyl (C=O) groups is 2. The molecule has 4 aromatic rings. The summed E-state index contributed by atoms with van der Waals surface area (Å²) in [5.74, 6) is 0.555. The van der Waals surface area contributed by atoms with Crippen LogP contribution in [0.1, 0.15) is 41.7 Å². The lowest BCUT2D eigenvalue weighted by molar-refractivity contribution is -0.140. The normalized spacial score (nSPS) is 12.4. The monoisotopic (exact) mass is 588 g/mol. The van der Waals surface area contributed by atoms with Crippen LogP contribution >= 0.6 is 0 Å². The van der Waals surface area contributed by atoms with E-state index in [1.807, 2.05) is 25.1 Å². The Morgan fingerprint density at radius 3 is 1.66 bits per heavy atom. The van der Waals surface area contributed by atoms with Crippen molar-refractivity contribution in [3.63, 3.8) is 0 Å². The van der Waals surface area contributed by atoms with E-state index in [4.69, 9.17) is 18.9 Å². The van der Waals surface area contributed by atoms with Crippen LogP contribution in [-0.4, -0.2) is 38.4 Å². The third kappa shape index (κ3) is 5.88. The van der Waals surface area contributed by atoms with Crippen LogP contribution in [0.5, 0.6) is 11.5 Å². The lowest BCUT2D eigenvalue weighted by atomic mass is 9.67. The van der Waals surface area contributed by atoms with Gasteiger partial charge in [-0.25, -0.2) is 9.59 Å². The van der Waals surface area contributed by atoms with Gasteiger partial charge in [0.2, 0.25) is 0 Å². The van der Waals surface area contributed by atoms with E-state index < -0.39 is 17.4 Å². The average molecular weight is 589 g/mol. The zero-order chi connectivity index (χ0) is 31.3. The molecule has 0 bridgehead atoms. The largest absolute Gasteiger partial charge is 0.490 e. The molecular weight excluding hydrogens is 552 g/mol. The van der Waals surface area contributed by atoms with E-state index in [1.165, 1.54) is 22.3 Å². The van der Waals surface area contributed by atoms with Crippen molar-refractivity contribution in [3.05, 3.63) is 143 Å². The SMILES string of the molecule is C=C(C)C(=O)OCCOc1ccc(C2(c3ccc(OCCOC(=O)C(=C)C)c(C)c3)c3ccccc3-c3ccccc32)cc1. The highest BCUT2D eigenvalue weighted by molar-refractivity contribution is 5.88. The van der Waals surface area contributed by atoms with E-state index in [1.54, 1.807) is 13.8 Å². The van der Waals surface area contributed by atoms with Crippen molar-refractivity contribution in [2.45, 2.75) is 26.2 Å². The first-order valence-corrected chi connectivity index (χ1v) is 14.6. The second-order valence-corrected chi connectivity index (χ2v) is 10.9. The summed E-state index contributed by atoms with van der Waals surface area (Å²) in [5, 5.41) is 0. The minimum absolute atomic E-state index is 0.141. The maximum Gasteiger partial charge on any atom is 0.333 e. The maximum atomic E-state index is 11.7.